The van der Waals surface area contributed by atoms with Crippen LogP contribution >= 0.6 is 0 Å². The Morgan fingerprint density at radius 3 is 2.82 bits per heavy atom. The van der Waals surface area contributed by atoms with Crippen molar-refractivity contribution in [2.45, 2.75) is 77.5 Å². The van der Waals surface area contributed by atoms with Crippen LogP contribution in [0.2, 0.25) is 0 Å². The van der Waals surface area contributed by atoms with E-state index < -0.39 is 0 Å². The molecule has 0 aromatic heterocycles. The lowest BCUT2D eigenvalue weighted by molar-refractivity contribution is -0.133. The third kappa shape index (κ3) is 3.85. The molecule has 0 aromatic rings. The quantitative estimate of drug-likeness (QED) is 0.502. The van der Waals surface area contributed by atoms with Gasteiger partial charge in [-0.15, -0.1) is 0 Å². The van der Waals surface area contributed by atoms with Crippen molar-refractivity contribution < 1.29 is 24.1 Å². The van der Waals surface area contributed by atoms with Gasteiger partial charge in [0.1, 0.15) is 5.76 Å². The number of hydrogen-bond donors (Lipinski definition) is 1. The molecule has 33 heavy (non-hydrogen) atoms. The van der Waals surface area contributed by atoms with Crippen molar-refractivity contribution in [3.8, 4) is 0 Å². The summed E-state index contributed by atoms with van der Waals surface area (Å²) in [6, 6.07) is 0.472. The number of piperidine rings is 1. The van der Waals surface area contributed by atoms with E-state index in [4.69, 9.17) is 14.2 Å². The third-order valence-electron chi connectivity index (χ3n) is 8.41. The Bertz CT molecular complexity index is 931. The number of fused-ring (bicyclic) bond motifs is 3. The van der Waals surface area contributed by atoms with Crippen LogP contribution in [0.4, 0.5) is 0 Å². The van der Waals surface area contributed by atoms with Crippen LogP contribution in [-0.2, 0) is 19.0 Å². The average Bonchev–Trinajstić information content (AvgIpc) is 3.20. The summed E-state index contributed by atoms with van der Waals surface area (Å²) >= 11 is 0. The molecule has 0 radical (unpaired) electrons. The largest absolute Gasteiger partial charge is 0.492 e. The predicted molar refractivity (Wildman–Crippen MR) is 124 cm³/mol. The van der Waals surface area contributed by atoms with Crippen molar-refractivity contribution >= 4 is 5.97 Å². The van der Waals surface area contributed by atoms with Gasteiger partial charge in [0.2, 0.25) is 5.76 Å². The normalized spacial score (nSPS) is 39.9. The lowest BCUT2D eigenvalue weighted by atomic mass is 9.76. The highest BCUT2D eigenvalue weighted by atomic mass is 16.6. The maximum absolute atomic E-state index is 12.2. The van der Waals surface area contributed by atoms with E-state index in [1.165, 1.54) is 0 Å². The van der Waals surface area contributed by atoms with Gasteiger partial charge in [0.05, 0.1) is 18.8 Å². The molecule has 5 rings (SSSR count). The Hall–Kier alpha value is -2.05. The summed E-state index contributed by atoms with van der Waals surface area (Å²) in [4.78, 5) is 14.8. The molecule has 0 amide bonds. The van der Waals surface area contributed by atoms with Crippen LogP contribution in [0.25, 0.3) is 0 Å². The van der Waals surface area contributed by atoms with Crippen LogP contribution in [0.3, 0.4) is 0 Å². The van der Waals surface area contributed by atoms with Crippen LogP contribution in [0.15, 0.2) is 46.8 Å². The van der Waals surface area contributed by atoms with E-state index in [9.17, 15) is 9.90 Å². The van der Waals surface area contributed by atoms with E-state index in [0.717, 1.165) is 50.8 Å². The number of rotatable bonds is 3. The van der Waals surface area contributed by atoms with Gasteiger partial charge in [-0.3, -0.25) is 4.90 Å². The Morgan fingerprint density at radius 2 is 2.06 bits per heavy atom. The first-order valence-corrected chi connectivity index (χ1v) is 12.6. The molecule has 1 N–H and O–H groups in total. The molecule has 0 bridgehead atoms. The van der Waals surface area contributed by atoms with Gasteiger partial charge in [-0.05, 0) is 51.0 Å². The van der Waals surface area contributed by atoms with E-state index in [1.54, 1.807) is 14.0 Å². The second-order valence-corrected chi connectivity index (χ2v) is 10.5. The Morgan fingerprint density at radius 1 is 1.24 bits per heavy atom. The van der Waals surface area contributed by atoms with Crippen molar-refractivity contribution in [2.75, 3.05) is 13.7 Å². The first-order valence-electron chi connectivity index (χ1n) is 12.6. The molecule has 6 nitrogen and oxygen atoms in total. The summed E-state index contributed by atoms with van der Waals surface area (Å²) in [5.41, 5.74) is 0.481. The molecule has 0 aromatic carbocycles. The molecule has 1 aliphatic carbocycles. The minimum Gasteiger partial charge on any atom is -0.492 e. The van der Waals surface area contributed by atoms with Crippen LogP contribution in [0, 0.1) is 23.7 Å². The number of cyclic esters (lactones) is 1. The number of nitrogens with zero attached hydrogens (tertiary/aromatic N) is 1. The van der Waals surface area contributed by atoms with Crippen molar-refractivity contribution in [1.29, 1.82) is 0 Å². The van der Waals surface area contributed by atoms with Crippen molar-refractivity contribution in [3.05, 3.63) is 46.8 Å². The predicted octanol–water partition coefficient (Wildman–Crippen LogP) is 4.43. The molecule has 2 saturated heterocycles. The molecule has 0 unspecified atom stereocenters. The maximum atomic E-state index is 12.2. The number of esters is 1. The van der Waals surface area contributed by atoms with Crippen molar-refractivity contribution in [2.24, 2.45) is 23.7 Å². The summed E-state index contributed by atoms with van der Waals surface area (Å²) in [5, 5.41) is 11.5. The zero-order valence-corrected chi connectivity index (χ0v) is 20.3. The summed E-state index contributed by atoms with van der Waals surface area (Å²) in [6.45, 7) is 7.11. The molecule has 5 aliphatic rings. The van der Waals surface area contributed by atoms with Gasteiger partial charge in [-0.1, -0.05) is 32.4 Å². The van der Waals surface area contributed by atoms with Crippen LogP contribution < -0.4 is 0 Å². The smallest absolute Gasteiger partial charge is 0.343 e. The lowest BCUT2D eigenvalue weighted by Gasteiger charge is -2.47. The summed E-state index contributed by atoms with van der Waals surface area (Å²) in [7, 11) is 1.56. The van der Waals surface area contributed by atoms with Gasteiger partial charge in [-0.25, -0.2) is 4.79 Å². The highest BCUT2D eigenvalue weighted by Crippen LogP contribution is 2.49. The average molecular weight is 456 g/mol. The number of aliphatic hydroxyl groups is 1. The molecule has 180 valence electrons. The maximum Gasteiger partial charge on any atom is 0.343 e. The number of carbonyl (C=O) groups excluding carboxylic acids is 1. The van der Waals surface area contributed by atoms with Gasteiger partial charge < -0.3 is 19.3 Å². The molecular weight excluding hydrogens is 418 g/mol. The van der Waals surface area contributed by atoms with Gasteiger partial charge in [0.25, 0.3) is 0 Å². The number of hydrogen-bond acceptors (Lipinski definition) is 6. The number of aliphatic hydroxyl groups excluding tert-OH is 1. The molecule has 0 spiro atoms. The summed E-state index contributed by atoms with van der Waals surface area (Å²) in [5.74, 6) is 3.32. The fourth-order valence-corrected chi connectivity index (χ4v) is 6.76. The van der Waals surface area contributed by atoms with E-state index in [0.29, 0.717) is 34.8 Å². The zero-order valence-electron chi connectivity index (χ0n) is 20.3. The van der Waals surface area contributed by atoms with E-state index in [2.05, 4.69) is 37.0 Å². The molecule has 4 aliphatic heterocycles. The molecular formula is C27H37NO5. The third-order valence-corrected chi connectivity index (χ3v) is 8.41. The monoisotopic (exact) mass is 455 g/mol. The fourth-order valence-electron chi connectivity index (χ4n) is 6.76. The first-order chi connectivity index (χ1) is 15.9. The van der Waals surface area contributed by atoms with E-state index >= 15 is 0 Å². The number of ether oxygens (including phenoxy) is 3. The Labute approximate surface area is 196 Å². The Balaban J connectivity index is 1.43. The first kappa shape index (κ1) is 22.7. The SMILES string of the molecule is COC1=C(C)C(=O)O/C1=C1/OC2=CCCN3[C@H]([C@@H](O)[C@H]4C=CC[C@H](C)C4)CCC[C@H]3[C@H]2[C@@H]1C. The zero-order chi connectivity index (χ0) is 23.3. The van der Waals surface area contributed by atoms with Gasteiger partial charge in [-0.2, -0.15) is 0 Å². The number of carbonyl (C=O) groups is 1. The summed E-state index contributed by atoms with van der Waals surface area (Å²) < 4.78 is 17.5. The topological polar surface area (TPSA) is 68.2 Å². The van der Waals surface area contributed by atoms with Crippen molar-refractivity contribution in [1.82, 2.24) is 4.90 Å². The standard InChI is InChI=1S/C27H37NO5/c1-15-8-5-9-18(14-15)23(29)20-11-6-10-19-22-16(2)25(32-21(22)12-7-13-28(19)20)26-24(31-4)17(3)27(30)33-26/h5,9,12,15-16,18-20,22-23,29H,6-8,10-11,13-14H2,1-4H3/b26-25+/t15-,16-,18-,19-,20-,22+,23-/m0/s1. The van der Waals surface area contributed by atoms with E-state index in [-0.39, 0.29) is 35.9 Å². The minimum atomic E-state index is -0.372. The highest BCUT2D eigenvalue weighted by molar-refractivity contribution is 5.93. The second kappa shape index (κ2) is 8.95. The molecule has 2 fully saturated rings. The minimum absolute atomic E-state index is 0.0613. The fraction of sp³-hybridized carbons (Fsp3) is 0.667. The number of methoxy groups -OCH3 is 1. The van der Waals surface area contributed by atoms with Crippen molar-refractivity contribution in [3.63, 3.8) is 0 Å². The second-order valence-electron chi connectivity index (χ2n) is 10.5. The lowest BCUT2D eigenvalue weighted by Crippen LogP contribution is -2.56. The summed E-state index contributed by atoms with van der Waals surface area (Å²) in [6.07, 6.45) is 12.7. The molecule has 0 saturated carbocycles. The van der Waals surface area contributed by atoms with Crippen LogP contribution in [-0.4, -0.2) is 47.8 Å². The molecule has 4 heterocycles. The van der Waals surface area contributed by atoms with Gasteiger partial charge in [0, 0.05) is 36.4 Å². The van der Waals surface area contributed by atoms with Gasteiger partial charge >= 0.3 is 5.97 Å². The molecule has 7 atom stereocenters. The highest BCUT2D eigenvalue weighted by Gasteiger charge is 2.50. The Kier molecular flexibility index (Phi) is 6.17. The van der Waals surface area contributed by atoms with Crippen LogP contribution in [0.5, 0.6) is 0 Å². The number of allylic oxidation sites excluding steroid dienone is 2. The van der Waals surface area contributed by atoms with E-state index in [1.807, 2.05) is 0 Å². The van der Waals surface area contributed by atoms with Gasteiger partial charge in [0.15, 0.2) is 11.5 Å². The van der Waals surface area contributed by atoms with Crippen LogP contribution in [0.1, 0.15) is 59.3 Å². The molecule has 6 heteroatoms.